The molecule has 0 saturated carbocycles. The molecule has 0 saturated heterocycles. The van der Waals surface area contributed by atoms with Gasteiger partial charge in [-0.1, -0.05) is 57.9 Å². The molecule has 36 heavy (non-hydrogen) atoms. The fourth-order valence-corrected chi connectivity index (χ4v) is 5.26. The van der Waals surface area contributed by atoms with E-state index in [9.17, 15) is 30.7 Å². The maximum absolute atomic E-state index is 12.9. The van der Waals surface area contributed by atoms with Crippen LogP contribution >= 0.6 is 27.5 Å². The maximum Gasteiger partial charge on any atom is 0.295 e. The summed E-state index contributed by atoms with van der Waals surface area (Å²) >= 11 is 9.49. The Bertz CT molecular complexity index is 1710. The van der Waals surface area contributed by atoms with E-state index in [1.165, 1.54) is 18.2 Å². The number of aromatic nitrogens is 2. The van der Waals surface area contributed by atoms with Crippen LogP contribution in [-0.4, -0.2) is 138 Å². The Labute approximate surface area is 305 Å². The Kier molecular flexibility index (Phi) is 11.6. The van der Waals surface area contributed by atoms with Crippen LogP contribution < -0.4 is 5.56 Å². The van der Waals surface area contributed by atoms with E-state index >= 15 is 0 Å². The molecule has 1 aromatic heterocycles. The maximum atomic E-state index is 12.9. The van der Waals surface area contributed by atoms with Gasteiger partial charge in [0, 0.05) is 129 Å². The van der Waals surface area contributed by atoms with Gasteiger partial charge in [-0.2, -0.15) is 16.8 Å². The second-order valence-corrected chi connectivity index (χ2v) is 11.2. The second kappa shape index (κ2) is 12.8. The molecule has 3 aromatic carbocycles. The molecule has 0 aliphatic carbocycles. The zero-order valence-corrected chi connectivity index (χ0v) is 29.0. The van der Waals surface area contributed by atoms with Crippen molar-refractivity contribution in [3.05, 3.63) is 86.6 Å². The van der Waals surface area contributed by atoms with Crippen molar-refractivity contribution in [3.63, 3.8) is 0 Å². The fourth-order valence-electron chi connectivity index (χ4n) is 3.40. The van der Waals surface area contributed by atoms with Crippen LogP contribution in [0.2, 0.25) is 5.02 Å². The van der Waals surface area contributed by atoms with Gasteiger partial charge in [0.1, 0.15) is 4.90 Å². The number of H-pyrrole nitrogens is 1. The Morgan fingerprint density at radius 1 is 0.861 bits per heavy atom. The summed E-state index contributed by atoms with van der Waals surface area (Å²) in [4.78, 5) is 11.3. The first-order valence-electron chi connectivity index (χ1n) is 9.32. The first kappa shape index (κ1) is 32.7. The van der Waals surface area contributed by atoms with Gasteiger partial charge < -0.3 is 0 Å². The van der Waals surface area contributed by atoms with E-state index in [2.05, 4.69) is 21.0 Å². The molecule has 0 atom stereocenters. The molecule has 2 radical (unpaired) electrons. The normalized spacial score (nSPS) is 11.4. The van der Waals surface area contributed by atoms with Crippen LogP contribution in [0.3, 0.4) is 0 Å². The van der Waals surface area contributed by atoms with Gasteiger partial charge in [0.05, 0.1) is 16.3 Å². The van der Waals surface area contributed by atoms with Crippen LogP contribution in [0.1, 0.15) is 0 Å². The van der Waals surface area contributed by atoms with E-state index in [0.29, 0.717) is 21.1 Å². The smallest absolute Gasteiger partial charge is 0.290 e. The third kappa shape index (κ3) is 7.18. The molecule has 4 aromatic rings. The number of hydrogen-bond acceptors (Lipinski definition) is 5. The van der Waals surface area contributed by atoms with E-state index in [1.54, 1.807) is 36.4 Å². The molecular weight excluding hydrogens is 650 g/mol. The molecule has 0 fully saturated rings. The van der Waals surface area contributed by atoms with Gasteiger partial charge in [0.15, 0.2) is 0 Å². The Hall–Kier alpha value is 0.533. The third-order valence-corrected chi connectivity index (χ3v) is 7.46. The molecule has 178 valence electrons. The first-order valence-corrected chi connectivity index (χ1v) is 13.4. The number of aromatic amines is 1. The molecular formula is C21H14BrClK2N2O7S2. The molecule has 0 spiro atoms. The third-order valence-electron chi connectivity index (χ3n) is 4.89. The molecule has 0 bridgehead atoms. The summed E-state index contributed by atoms with van der Waals surface area (Å²) in [5.41, 5.74) is -0.116. The van der Waals surface area contributed by atoms with Crippen LogP contribution in [0.5, 0.6) is 0 Å². The Morgan fingerprint density at radius 3 is 2.03 bits per heavy atom. The summed E-state index contributed by atoms with van der Waals surface area (Å²) in [6.45, 7) is 0. The van der Waals surface area contributed by atoms with Gasteiger partial charge in [-0.05, 0) is 35.9 Å². The summed E-state index contributed by atoms with van der Waals surface area (Å²) in [6.07, 6.45) is 0. The molecule has 0 amide bonds. The Morgan fingerprint density at radius 2 is 1.47 bits per heavy atom. The number of halogens is 2. The van der Waals surface area contributed by atoms with Gasteiger partial charge in [-0.15, -0.1) is 0 Å². The van der Waals surface area contributed by atoms with E-state index in [4.69, 9.17) is 11.6 Å². The van der Waals surface area contributed by atoms with E-state index in [-0.39, 0.29) is 125 Å². The zero-order valence-electron chi connectivity index (χ0n) is 18.8. The van der Waals surface area contributed by atoms with E-state index in [1.807, 2.05) is 0 Å². The van der Waals surface area contributed by atoms with Crippen molar-refractivity contribution in [3.8, 4) is 28.1 Å². The van der Waals surface area contributed by atoms with Crippen LogP contribution in [-0.2, 0) is 20.2 Å². The van der Waals surface area contributed by atoms with Gasteiger partial charge >= 0.3 is 0 Å². The minimum absolute atomic E-state index is 0. The quantitative estimate of drug-likeness (QED) is 0.218. The summed E-state index contributed by atoms with van der Waals surface area (Å²) in [7, 11) is -9.93. The largest absolute Gasteiger partial charge is 0.295 e. The average Bonchev–Trinajstić information content (AvgIpc) is 3.13. The Balaban J connectivity index is 0.00000228. The summed E-state index contributed by atoms with van der Waals surface area (Å²) in [5.74, 6) is 0. The molecule has 0 aliphatic heterocycles. The zero-order chi connectivity index (χ0) is 24.8. The van der Waals surface area contributed by atoms with Crippen molar-refractivity contribution in [1.29, 1.82) is 0 Å². The molecule has 9 nitrogen and oxygen atoms in total. The minimum Gasteiger partial charge on any atom is -0.290 e. The van der Waals surface area contributed by atoms with E-state index < -0.39 is 35.6 Å². The molecule has 4 rings (SSSR count). The van der Waals surface area contributed by atoms with Gasteiger partial charge in [-0.3, -0.25) is 19.0 Å². The standard InChI is InChI=1S/C21H14BrClN2O7S2.2K/c22-13-7-5-12(6-8-13)21-18(9-14(33(27,28)29)10-19(21)34(30,31)32)25-20(26)11-17(24-25)15-3-1-2-4-16(15)23;;/h1-11,24H,(H,27,28,29)(H,30,31,32);;. The number of nitrogens with one attached hydrogen (secondary N) is 1. The van der Waals surface area contributed by atoms with Gasteiger partial charge in [0.25, 0.3) is 25.8 Å². The molecule has 0 unspecified atom stereocenters. The minimum atomic E-state index is -5.01. The number of nitrogens with zero attached hydrogens (tertiary/aromatic N) is 1. The SMILES string of the molecule is O=c1cc(-c2ccccc2Cl)[nH]n1-c1cc(S(=O)(=O)O)cc(S(=O)(=O)O)c1-c1ccc(Br)cc1.[K].[K]. The monoisotopic (exact) mass is 662 g/mol. The van der Waals surface area contributed by atoms with Crippen molar-refractivity contribution in [2.45, 2.75) is 9.79 Å². The number of hydrogen-bond donors (Lipinski definition) is 3. The molecule has 3 N–H and O–H groups in total. The van der Waals surface area contributed by atoms with Gasteiger partial charge in [0.2, 0.25) is 0 Å². The average molecular weight is 664 g/mol. The molecule has 15 heteroatoms. The van der Waals surface area contributed by atoms with Crippen LogP contribution in [0, 0.1) is 0 Å². The van der Waals surface area contributed by atoms with E-state index in [0.717, 1.165) is 10.7 Å². The van der Waals surface area contributed by atoms with Crippen LogP contribution in [0.25, 0.3) is 28.1 Å². The van der Waals surface area contributed by atoms with Crippen molar-refractivity contribution in [2.24, 2.45) is 0 Å². The second-order valence-electron chi connectivity index (χ2n) is 7.10. The predicted molar refractivity (Wildman–Crippen MR) is 141 cm³/mol. The summed E-state index contributed by atoms with van der Waals surface area (Å²) in [6, 6.07) is 15.6. The predicted octanol–water partition coefficient (Wildman–Crippen LogP) is 3.65. The van der Waals surface area contributed by atoms with Gasteiger partial charge in [-0.25, -0.2) is 4.68 Å². The van der Waals surface area contributed by atoms with Crippen LogP contribution in [0.4, 0.5) is 0 Å². The van der Waals surface area contributed by atoms with Crippen molar-refractivity contribution < 1.29 is 25.9 Å². The van der Waals surface area contributed by atoms with Crippen molar-refractivity contribution >= 4 is 151 Å². The molecule has 1 heterocycles. The van der Waals surface area contributed by atoms with Crippen molar-refractivity contribution in [2.75, 3.05) is 0 Å². The van der Waals surface area contributed by atoms with Crippen LogP contribution in [0.15, 0.2) is 85.8 Å². The molecule has 0 aliphatic rings. The first-order chi connectivity index (χ1) is 15.9. The summed E-state index contributed by atoms with van der Waals surface area (Å²) in [5, 5.41) is 3.12. The fraction of sp³-hybridized carbons (Fsp3) is 0. The summed E-state index contributed by atoms with van der Waals surface area (Å²) < 4.78 is 69.4. The number of benzene rings is 3. The number of rotatable bonds is 5. The topological polar surface area (TPSA) is 147 Å². The van der Waals surface area contributed by atoms with Crippen molar-refractivity contribution in [1.82, 2.24) is 9.78 Å².